The molecule has 3 rings (SSSR count). The Hall–Kier alpha value is -1.65. The number of nitrogens with two attached hydrogens (primary N) is 1. The number of hydrogen-bond donors (Lipinski definition) is 1. The number of carbonyl (C=O) groups is 1. The fraction of sp³-hybridized carbons (Fsp3) is 0.611. The Kier molecular flexibility index (Phi) is 5.75. The van der Waals surface area contributed by atoms with Gasteiger partial charge in [0.15, 0.2) is 19.7 Å². The Morgan fingerprint density at radius 3 is 2.43 bits per heavy atom. The molecule has 28 heavy (non-hydrogen) atoms. The van der Waals surface area contributed by atoms with E-state index in [9.17, 15) is 21.6 Å². The van der Waals surface area contributed by atoms with Crippen molar-refractivity contribution in [1.82, 2.24) is 4.90 Å². The van der Waals surface area contributed by atoms with E-state index in [0.29, 0.717) is 25.9 Å². The number of ether oxygens (including phenoxy) is 1. The number of sulfone groups is 2. The second-order valence-corrected chi connectivity index (χ2v) is 11.9. The maximum Gasteiger partial charge on any atom is 0.220 e. The number of methoxy groups -OCH3 is 1. The molecule has 2 heterocycles. The zero-order valence-corrected chi connectivity index (χ0v) is 17.6. The number of likely N-dealkylation sites (tertiary alicyclic amines) is 1. The molecule has 8 nitrogen and oxygen atoms in total. The molecule has 2 fully saturated rings. The molecule has 0 aromatic heterocycles. The van der Waals surface area contributed by atoms with Crippen LogP contribution in [-0.2, 0) is 24.5 Å². The summed E-state index contributed by atoms with van der Waals surface area (Å²) < 4.78 is 56.8. The quantitative estimate of drug-likeness (QED) is 0.705. The van der Waals surface area contributed by atoms with Gasteiger partial charge in [-0.2, -0.15) is 0 Å². The highest BCUT2D eigenvalue weighted by molar-refractivity contribution is 7.96. The number of hydrogen-bond acceptors (Lipinski definition) is 7. The Balaban J connectivity index is 1.95. The van der Waals surface area contributed by atoms with Crippen molar-refractivity contribution in [3.63, 3.8) is 0 Å². The van der Waals surface area contributed by atoms with Gasteiger partial charge < -0.3 is 10.5 Å². The van der Waals surface area contributed by atoms with Crippen molar-refractivity contribution in [1.29, 1.82) is 0 Å². The van der Waals surface area contributed by atoms with Gasteiger partial charge in [-0.15, -0.1) is 0 Å². The summed E-state index contributed by atoms with van der Waals surface area (Å²) in [4.78, 5) is 13.3. The minimum atomic E-state index is -3.94. The first-order chi connectivity index (χ1) is 13.0. The first kappa shape index (κ1) is 21.1. The normalized spacial score (nSPS) is 26.2. The molecule has 0 radical (unpaired) electrons. The average molecular weight is 431 g/mol. The second kappa shape index (κ2) is 7.64. The third-order valence-electron chi connectivity index (χ3n) is 5.70. The second-order valence-electron chi connectivity index (χ2n) is 7.59. The van der Waals surface area contributed by atoms with Gasteiger partial charge in [0.1, 0.15) is 10.6 Å². The van der Waals surface area contributed by atoms with Crippen molar-refractivity contribution < 1.29 is 26.4 Å². The summed E-state index contributed by atoms with van der Waals surface area (Å²) in [5, 5.41) is -1.07. The largest absolute Gasteiger partial charge is 0.495 e. The number of amides is 1. The lowest BCUT2D eigenvalue weighted by Crippen LogP contribution is -2.50. The highest BCUT2D eigenvalue weighted by Crippen LogP contribution is 2.35. The molecule has 2 saturated heterocycles. The van der Waals surface area contributed by atoms with E-state index in [-0.39, 0.29) is 28.2 Å². The van der Waals surface area contributed by atoms with Gasteiger partial charge in [0.05, 0.1) is 23.9 Å². The fourth-order valence-corrected chi connectivity index (χ4v) is 9.19. The molecule has 2 atom stereocenters. The molecule has 156 valence electrons. The number of rotatable bonds is 5. The molecule has 2 aliphatic heterocycles. The Morgan fingerprint density at radius 2 is 1.86 bits per heavy atom. The molecule has 0 saturated carbocycles. The van der Waals surface area contributed by atoms with Crippen LogP contribution in [0.1, 0.15) is 18.4 Å². The lowest BCUT2D eigenvalue weighted by Gasteiger charge is -2.36. The predicted molar refractivity (Wildman–Crippen MR) is 105 cm³/mol. The van der Waals surface area contributed by atoms with Gasteiger partial charge in [0.2, 0.25) is 5.91 Å². The van der Waals surface area contributed by atoms with E-state index in [2.05, 4.69) is 0 Å². The van der Waals surface area contributed by atoms with Crippen LogP contribution in [0.4, 0.5) is 0 Å². The van der Waals surface area contributed by atoms with Crippen LogP contribution in [0.25, 0.3) is 0 Å². The van der Waals surface area contributed by atoms with Gasteiger partial charge in [-0.3, -0.25) is 9.69 Å². The van der Waals surface area contributed by atoms with E-state index < -0.39 is 36.7 Å². The smallest absolute Gasteiger partial charge is 0.220 e. The molecule has 2 aliphatic rings. The van der Waals surface area contributed by atoms with Crippen LogP contribution in [0.3, 0.4) is 0 Å². The van der Waals surface area contributed by atoms with Crippen molar-refractivity contribution >= 4 is 25.6 Å². The molecular weight excluding hydrogens is 404 g/mol. The third-order valence-corrected chi connectivity index (χ3v) is 9.83. The number of nitrogens with zero attached hydrogens (tertiary/aromatic N) is 1. The maximum atomic E-state index is 13.4. The van der Waals surface area contributed by atoms with Crippen LogP contribution in [-0.4, -0.2) is 70.6 Å². The SMILES string of the molecule is COc1ccc(C)cc1S(=O)(=O)[C@@H]1CS(=O)(=O)C[C@H]1N1CCC(C(N)=O)CC1. The van der Waals surface area contributed by atoms with E-state index in [0.717, 1.165) is 5.56 Å². The lowest BCUT2D eigenvalue weighted by atomic mass is 9.95. The Labute approximate surface area is 165 Å². The van der Waals surface area contributed by atoms with Crippen LogP contribution in [0.15, 0.2) is 23.1 Å². The van der Waals surface area contributed by atoms with E-state index >= 15 is 0 Å². The molecule has 0 aliphatic carbocycles. The number of primary amides is 1. The van der Waals surface area contributed by atoms with Crippen molar-refractivity contribution in [3.05, 3.63) is 23.8 Å². The Bertz CT molecular complexity index is 966. The van der Waals surface area contributed by atoms with Crippen LogP contribution in [0, 0.1) is 12.8 Å². The summed E-state index contributed by atoms with van der Waals surface area (Å²) in [6, 6.07) is 4.21. The van der Waals surface area contributed by atoms with Crippen molar-refractivity contribution in [2.75, 3.05) is 31.7 Å². The molecule has 0 bridgehead atoms. The Morgan fingerprint density at radius 1 is 1.21 bits per heavy atom. The van der Waals surface area contributed by atoms with Gasteiger partial charge in [0.25, 0.3) is 0 Å². The van der Waals surface area contributed by atoms with Crippen LogP contribution < -0.4 is 10.5 Å². The molecule has 0 spiro atoms. The minimum Gasteiger partial charge on any atom is -0.495 e. The molecule has 1 aromatic carbocycles. The number of piperidine rings is 1. The summed E-state index contributed by atoms with van der Waals surface area (Å²) >= 11 is 0. The van der Waals surface area contributed by atoms with E-state index in [1.807, 2.05) is 4.90 Å². The zero-order valence-electron chi connectivity index (χ0n) is 16.0. The van der Waals surface area contributed by atoms with Crippen molar-refractivity contribution in [2.45, 2.75) is 36.0 Å². The molecule has 1 aromatic rings. The van der Waals surface area contributed by atoms with Gasteiger partial charge in [0, 0.05) is 12.0 Å². The van der Waals surface area contributed by atoms with Gasteiger partial charge in [-0.05, 0) is 50.6 Å². The van der Waals surface area contributed by atoms with Gasteiger partial charge in [-0.25, -0.2) is 16.8 Å². The molecule has 0 unspecified atom stereocenters. The van der Waals surface area contributed by atoms with Crippen LogP contribution in [0.2, 0.25) is 0 Å². The highest BCUT2D eigenvalue weighted by Gasteiger charge is 2.49. The van der Waals surface area contributed by atoms with Crippen LogP contribution >= 0.6 is 0 Å². The van der Waals surface area contributed by atoms with E-state index in [4.69, 9.17) is 10.5 Å². The third kappa shape index (κ3) is 4.04. The van der Waals surface area contributed by atoms with E-state index in [1.165, 1.54) is 13.2 Å². The van der Waals surface area contributed by atoms with Crippen molar-refractivity contribution in [3.8, 4) is 5.75 Å². The van der Waals surface area contributed by atoms with E-state index in [1.54, 1.807) is 19.1 Å². The maximum absolute atomic E-state index is 13.4. The minimum absolute atomic E-state index is 0.0223. The molecule has 10 heteroatoms. The molecule has 2 N–H and O–H groups in total. The molecular formula is C18H26N2O6S2. The van der Waals surface area contributed by atoms with Gasteiger partial charge >= 0.3 is 0 Å². The number of benzene rings is 1. The number of carbonyl (C=O) groups excluding carboxylic acids is 1. The monoisotopic (exact) mass is 430 g/mol. The van der Waals surface area contributed by atoms with Crippen molar-refractivity contribution in [2.24, 2.45) is 11.7 Å². The summed E-state index contributed by atoms with van der Waals surface area (Å²) in [6.07, 6.45) is 1.01. The zero-order chi connectivity index (χ0) is 20.7. The molecule has 1 amide bonds. The first-order valence-corrected chi connectivity index (χ1v) is 12.5. The highest BCUT2D eigenvalue weighted by atomic mass is 32.2. The summed E-state index contributed by atoms with van der Waals surface area (Å²) in [6.45, 7) is 2.67. The first-order valence-electron chi connectivity index (χ1n) is 9.17. The summed E-state index contributed by atoms with van der Waals surface area (Å²) in [7, 11) is -6.05. The standard InChI is InChI=1S/C18H26N2O6S2/c1-12-3-4-15(26-2)16(9-12)28(24,25)17-11-27(22,23)10-14(17)20-7-5-13(6-8-20)18(19)21/h3-4,9,13-14,17H,5-8,10-11H2,1-2H3,(H2,19,21)/t14-,17-/m1/s1. The summed E-state index contributed by atoms with van der Waals surface area (Å²) in [5.74, 6) is -1.02. The fourth-order valence-electron chi connectivity index (χ4n) is 4.12. The van der Waals surface area contributed by atoms with Gasteiger partial charge in [-0.1, -0.05) is 6.07 Å². The number of aryl methyl sites for hydroxylation is 1. The predicted octanol–water partition coefficient (Wildman–Crippen LogP) is 0.140. The van der Waals surface area contributed by atoms with Crippen LogP contribution in [0.5, 0.6) is 5.75 Å². The summed E-state index contributed by atoms with van der Waals surface area (Å²) in [5.41, 5.74) is 6.11. The lowest BCUT2D eigenvalue weighted by molar-refractivity contribution is -0.123. The topological polar surface area (TPSA) is 124 Å². The average Bonchev–Trinajstić information content (AvgIpc) is 2.98.